The fourth-order valence-corrected chi connectivity index (χ4v) is 4.47. The van der Waals surface area contributed by atoms with Gasteiger partial charge in [0, 0.05) is 18.2 Å². The molecule has 0 unspecified atom stereocenters. The fraction of sp³-hybridized carbons (Fsp3) is 0.278. The highest BCUT2D eigenvalue weighted by atomic mass is 35.5. The molecule has 2 rings (SSSR count). The largest absolute Gasteiger partial charge is 0.383 e. The van der Waals surface area contributed by atoms with E-state index in [0.29, 0.717) is 11.6 Å². The highest BCUT2D eigenvalue weighted by Crippen LogP contribution is 2.32. The minimum atomic E-state index is -4.02. The van der Waals surface area contributed by atoms with Gasteiger partial charge in [0.1, 0.15) is 6.54 Å². The second-order valence-electron chi connectivity index (χ2n) is 5.84. The predicted octanol–water partition coefficient (Wildman–Crippen LogP) is 3.34. The van der Waals surface area contributed by atoms with Gasteiger partial charge >= 0.3 is 0 Å². The Morgan fingerprint density at radius 2 is 1.85 bits per heavy atom. The number of halogens is 2. The molecule has 0 saturated heterocycles. The van der Waals surface area contributed by atoms with Crippen LogP contribution in [0.25, 0.3) is 0 Å². The molecule has 146 valence electrons. The first kappa shape index (κ1) is 21.5. The first-order valence-corrected chi connectivity index (χ1v) is 10.3. The molecule has 0 aliphatic heterocycles. The zero-order valence-electron chi connectivity index (χ0n) is 14.9. The van der Waals surface area contributed by atoms with Crippen LogP contribution in [0, 0.1) is 0 Å². The Labute approximate surface area is 169 Å². The average Bonchev–Trinajstić information content (AvgIpc) is 2.61. The lowest BCUT2D eigenvalue weighted by Crippen LogP contribution is -2.44. The van der Waals surface area contributed by atoms with Crippen molar-refractivity contribution < 1.29 is 17.9 Å². The van der Waals surface area contributed by atoms with E-state index in [-0.39, 0.29) is 21.6 Å². The summed E-state index contributed by atoms with van der Waals surface area (Å²) in [4.78, 5) is 12.5. The molecule has 1 amide bonds. The van der Waals surface area contributed by atoms with Crippen LogP contribution in [0.2, 0.25) is 10.0 Å². The SMILES string of the molecule is COC[C@@H](C)NC(=O)CN(c1ccc(Cl)cc1Cl)S(=O)(=O)c1ccccc1. The average molecular weight is 431 g/mol. The third-order valence-corrected chi connectivity index (χ3v) is 5.93. The Morgan fingerprint density at radius 1 is 1.19 bits per heavy atom. The monoisotopic (exact) mass is 430 g/mol. The van der Waals surface area contributed by atoms with Gasteiger partial charge < -0.3 is 10.1 Å². The minimum Gasteiger partial charge on any atom is -0.383 e. The zero-order chi connectivity index (χ0) is 20.0. The normalized spacial score (nSPS) is 12.4. The minimum absolute atomic E-state index is 0.0498. The van der Waals surface area contributed by atoms with Crippen LogP contribution in [0.4, 0.5) is 5.69 Å². The molecule has 0 aliphatic carbocycles. The van der Waals surface area contributed by atoms with Crippen LogP contribution >= 0.6 is 23.2 Å². The molecular weight excluding hydrogens is 411 g/mol. The van der Waals surface area contributed by atoms with Crippen LogP contribution in [0.1, 0.15) is 6.92 Å². The molecule has 6 nitrogen and oxygen atoms in total. The van der Waals surface area contributed by atoms with Crippen molar-refractivity contribution in [1.82, 2.24) is 5.32 Å². The van der Waals surface area contributed by atoms with Crippen molar-refractivity contribution in [3.05, 3.63) is 58.6 Å². The molecule has 0 fully saturated rings. The van der Waals surface area contributed by atoms with E-state index in [1.165, 1.54) is 37.4 Å². The lowest BCUT2D eigenvalue weighted by molar-refractivity contribution is -0.120. The number of carbonyl (C=O) groups excluding carboxylic acids is 1. The number of benzene rings is 2. The molecule has 0 spiro atoms. The van der Waals surface area contributed by atoms with E-state index in [2.05, 4.69) is 5.32 Å². The quantitative estimate of drug-likeness (QED) is 0.696. The van der Waals surface area contributed by atoms with Crippen molar-refractivity contribution in [2.45, 2.75) is 17.9 Å². The number of carbonyl (C=O) groups is 1. The maximum atomic E-state index is 13.1. The summed E-state index contributed by atoms with van der Waals surface area (Å²) in [5.74, 6) is -0.481. The first-order chi connectivity index (χ1) is 12.8. The van der Waals surface area contributed by atoms with Crippen molar-refractivity contribution in [3.8, 4) is 0 Å². The molecule has 27 heavy (non-hydrogen) atoms. The van der Waals surface area contributed by atoms with E-state index in [4.69, 9.17) is 27.9 Å². The summed E-state index contributed by atoms with van der Waals surface area (Å²) in [7, 11) is -2.50. The molecule has 1 atom stereocenters. The van der Waals surface area contributed by atoms with E-state index >= 15 is 0 Å². The second kappa shape index (κ2) is 9.41. The molecule has 0 saturated carbocycles. The Bertz CT molecular complexity index is 891. The van der Waals surface area contributed by atoms with E-state index in [1.807, 2.05) is 0 Å². The molecule has 0 aliphatic rings. The summed E-state index contributed by atoms with van der Waals surface area (Å²) in [5.41, 5.74) is 0.166. The number of hydrogen-bond donors (Lipinski definition) is 1. The summed E-state index contributed by atoms with van der Waals surface area (Å²) in [6, 6.07) is 12.0. The number of methoxy groups -OCH3 is 1. The number of hydrogen-bond acceptors (Lipinski definition) is 4. The van der Waals surface area contributed by atoms with Gasteiger partial charge in [0.2, 0.25) is 5.91 Å². The van der Waals surface area contributed by atoms with Gasteiger partial charge in [-0.3, -0.25) is 9.10 Å². The molecular formula is C18H20Cl2N2O4S. The molecule has 2 aromatic carbocycles. The van der Waals surface area contributed by atoms with Gasteiger partial charge in [0.05, 0.1) is 22.2 Å². The number of anilines is 1. The number of sulfonamides is 1. The van der Waals surface area contributed by atoms with Gasteiger partial charge in [0.15, 0.2) is 0 Å². The number of amides is 1. The summed E-state index contributed by atoms with van der Waals surface area (Å²) in [5, 5.41) is 3.18. The Hall–Kier alpha value is -1.80. The van der Waals surface area contributed by atoms with Crippen molar-refractivity contribution in [1.29, 1.82) is 0 Å². The van der Waals surface area contributed by atoms with Gasteiger partial charge in [-0.05, 0) is 37.3 Å². The maximum Gasteiger partial charge on any atom is 0.264 e. The van der Waals surface area contributed by atoms with Crippen LogP contribution < -0.4 is 9.62 Å². The summed E-state index contributed by atoms with van der Waals surface area (Å²) in [6.45, 7) is 1.62. The fourth-order valence-electron chi connectivity index (χ4n) is 2.45. The maximum absolute atomic E-state index is 13.1. The summed E-state index contributed by atoms with van der Waals surface area (Å²) in [6.07, 6.45) is 0. The number of rotatable bonds is 8. The first-order valence-electron chi connectivity index (χ1n) is 8.07. The van der Waals surface area contributed by atoms with Crippen molar-refractivity contribution in [2.75, 3.05) is 24.6 Å². The summed E-state index contributed by atoms with van der Waals surface area (Å²) < 4.78 is 32.2. The summed E-state index contributed by atoms with van der Waals surface area (Å²) >= 11 is 12.1. The van der Waals surface area contributed by atoms with E-state index in [9.17, 15) is 13.2 Å². The highest BCUT2D eigenvalue weighted by Gasteiger charge is 2.29. The zero-order valence-corrected chi connectivity index (χ0v) is 17.2. The topological polar surface area (TPSA) is 75.7 Å². The second-order valence-corrected chi connectivity index (χ2v) is 8.55. The van der Waals surface area contributed by atoms with E-state index in [1.54, 1.807) is 25.1 Å². The molecule has 2 aromatic rings. The number of nitrogens with one attached hydrogen (secondary N) is 1. The smallest absolute Gasteiger partial charge is 0.264 e. The van der Waals surface area contributed by atoms with E-state index in [0.717, 1.165) is 4.31 Å². The van der Waals surface area contributed by atoms with Crippen LogP contribution in [-0.4, -0.2) is 40.6 Å². The lowest BCUT2D eigenvalue weighted by atomic mass is 10.3. The van der Waals surface area contributed by atoms with E-state index < -0.39 is 22.5 Å². The highest BCUT2D eigenvalue weighted by molar-refractivity contribution is 7.92. The van der Waals surface area contributed by atoms with Gasteiger partial charge in [0.25, 0.3) is 10.0 Å². The van der Waals surface area contributed by atoms with Crippen molar-refractivity contribution in [2.24, 2.45) is 0 Å². The van der Waals surface area contributed by atoms with Crippen LogP contribution in [0.15, 0.2) is 53.4 Å². The Morgan fingerprint density at radius 3 is 2.44 bits per heavy atom. The molecule has 9 heteroatoms. The predicted molar refractivity (Wildman–Crippen MR) is 107 cm³/mol. The van der Waals surface area contributed by atoms with Crippen molar-refractivity contribution in [3.63, 3.8) is 0 Å². The third-order valence-electron chi connectivity index (χ3n) is 3.62. The molecule has 1 N–H and O–H groups in total. The third kappa shape index (κ3) is 5.59. The van der Waals surface area contributed by atoms with Crippen LogP contribution in [-0.2, 0) is 19.6 Å². The molecule has 0 bridgehead atoms. The Balaban J connectivity index is 2.42. The van der Waals surface area contributed by atoms with Gasteiger partial charge in [-0.25, -0.2) is 8.42 Å². The molecule has 0 aromatic heterocycles. The standard InChI is InChI=1S/C18H20Cl2N2O4S/c1-13(12-26-2)21-18(23)11-22(17-9-8-14(19)10-16(17)20)27(24,25)15-6-4-3-5-7-15/h3-10,13H,11-12H2,1-2H3,(H,21,23)/t13-/m1/s1. The lowest BCUT2D eigenvalue weighted by Gasteiger charge is -2.25. The molecule has 0 heterocycles. The number of ether oxygens (including phenoxy) is 1. The Kier molecular flexibility index (Phi) is 7.49. The van der Waals surface area contributed by atoms with Crippen LogP contribution in [0.5, 0.6) is 0 Å². The van der Waals surface area contributed by atoms with Crippen LogP contribution in [0.3, 0.4) is 0 Å². The van der Waals surface area contributed by atoms with Crippen molar-refractivity contribution >= 4 is 44.8 Å². The number of nitrogens with zero attached hydrogens (tertiary/aromatic N) is 1. The van der Waals surface area contributed by atoms with Gasteiger partial charge in [-0.15, -0.1) is 0 Å². The van der Waals surface area contributed by atoms with Gasteiger partial charge in [-0.1, -0.05) is 41.4 Å². The van der Waals surface area contributed by atoms with Gasteiger partial charge in [-0.2, -0.15) is 0 Å². The molecule has 0 radical (unpaired) electrons.